The molecule has 4 heterocycles. The van der Waals surface area contributed by atoms with E-state index in [1.54, 1.807) is 38.1 Å². The van der Waals surface area contributed by atoms with Crippen LogP contribution in [0.2, 0.25) is 0 Å². The summed E-state index contributed by atoms with van der Waals surface area (Å²) in [6.07, 6.45) is 0. The average Bonchev–Trinajstić information content (AvgIpc) is 3.65. The fraction of sp³-hybridized carbons (Fsp3) is 0.333. The van der Waals surface area contributed by atoms with Gasteiger partial charge in [0, 0.05) is 30.7 Å². The van der Waals surface area contributed by atoms with Crippen LogP contribution < -0.4 is 0 Å². The van der Waals surface area contributed by atoms with Crippen molar-refractivity contribution in [2.75, 3.05) is 0 Å². The summed E-state index contributed by atoms with van der Waals surface area (Å²) in [5, 5.41) is 18.6. The summed E-state index contributed by atoms with van der Waals surface area (Å²) in [4.78, 5) is 2.90. The number of nitriles is 2. The molecule has 4 aliphatic rings. The Morgan fingerprint density at radius 1 is 0.615 bits per heavy atom. The molecule has 1 fully saturated rings. The van der Waals surface area contributed by atoms with Gasteiger partial charge in [0.1, 0.15) is 21.9 Å². The van der Waals surface area contributed by atoms with Crippen LogP contribution in [0.1, 0.15) is 47.2 Å². The lowest BCUT2D eigenvalue weighted by Crippen LogP contribution is -2.49. The highest BCUT2D eigenvalue weighted by Gasteiger charge is 2.84. The van der Waals surface area contributed by atoms with Crippen LogP contribution in [0.15, 0.2) is 57.7 Å². The minimum atomic E-state index is -5.63. The molecule has 2 unspecified atom stereocenters. The molecule has 0 bridgehead atoms. The van der Waals surface area contributed by atoms with Crippen molar-refractivity contribution < 1.29 is 26.3 Å². The Morgan fingerprint density at radius 3 is 1.28 bits per heavy atom. The second-order valence-corrected chi connectivity index (χ2v) is 15.0. The second kappa shape index (κ2) is 7.88. The van der Waals surface area contributed by atoms with Gasteiger partial charge in [-0.2, -0.15) is 36.9 Å². The van der Waals surface area contributed by atoms with Crippen LogP contribution in [0.25, 0.3) is 9.81 Å². The van der Waals surface area contributed by atoms with E-state index in [9.17, 15) is 10.5 Å². The largest absolute Gasteiger partial charge is 0.380 e. The summed E-state index contributed by atoms with van der Waals surface area (Å²) < 4.78 is 90.1. The molecule has 12 heteroatoms. The Hall–Kier alpha value is -2.38. The van der Waals surface area contributed by atoms with E-state index in [0.717, 1.165) is 22.7 Å². The van der Waals surface area contributed by atoms with E-state index in [4.69, 9.17) is 0 Å². The first-order valence-corrected chi connectivity index (χ1v) is 14.8. The number of nitrogens with zero attached hydrogens (tertiary/aromatic N) is 2. The van der Waals surface area contributed by atoms with E-state index in [0.29, 0.717) is 29.3 Å². The average molecular weight is 611 g/mol. The van der Waals surface area contributed by atoms with E-state index >= 15 is 26.3 Å². The molecule has 2 aliphatic carbocycles. The molecule has 2 atom stereocenters. The molecular formula is C27H16F6N2S4. The maximum absolute atomic E-state index is 15.7. The van der Waals surface area contributed by atoms with Crippen LogP contribution in [-0.2, 0) is 0 Å². The number of allylic oxidation sites excluding steroid dienone is 4. The fourth-order valence-corrected chi connectivity index (χ4v) is 11.4. The summed E-state index contributed by atoms with van der Waals surface area (Å²) >= 11 is 4.62. The molecule has 1 saturated carbocycles. The summed E-state index contributed by atoms with van der Waals surface area (Å²) in [6, 6.07) is 10.5. The Morgan fingerprint density at radius 2 is 0.974 bits per heavy atom. The van der Waals surface area contributed by atoms with E-state index in [2.05, 4.69) is 0 Å². The first-order valence-electron chi connectivity index (χ1n) is 11.5. The molecule has 0 aromatic carbocycles. The predicted molar refractivity (Wildman–Crippen MR) is 144 cm³/mol. The lowest BCUT2D eigenvalue weighted by Gasteiger charge is -2.48. The summed E-state index contributed by atoms with van der Waals surface area (Å²) in [6.45, 7) is 6.29. The number of hydrogen-bond donors (Lipinski definition) is 0. The number of hydrogen-bond acceptors (Lipinski definition) is 6. The standard InChI is InChI=1S/C27H16F6N2S4/c1-11-17-19-20(26(30,31)27(32,33)25(19,28)29)18-12(2)22(16-8-6-14(10-35)37-16)39-24(18,4)23(17,3)38-21(11)15-7-5-13(9-34)36-15/h5-8H,1-4H3. The normalized spacial score (nSPS) is 29.9. The maximum Gasteiger partial charge on any atom is 0.380 e. The highest BCUT2D eigenvalue weighted by atomic mass is 32.2. The Balaban J connectivity index is 1.71. The predicted octanol–water partition coefficient (Wildman–Crippen LogP) is 9.25. The molecule has 6 rings (SSSR count). The Bertz CT molecular complexity index is 1600. The van der Waals surface area contributed by atoms with Gasteiger partial charge in [0.05, 0.1) is 9.49 Å². The second-order valence-electron chi connectivity index (χ2n) is 9.95. The highest BCUT2D eigenvalue weighted by molar-refractivity contribution is 8.14. The Kier molecular flexibility index (Phi) is 5.42. The van der Waals surface area contributed by atoms with Crippen molar-refractivity contribution in [3.63, 3.8) is 0 Å². The van der Waals surface area contributed by atoms with Crippen LogP contribution in [0.3, 0.4) is 0 Å². The van der Waals surface area contributed by atoms with Crippen LogP contribution >= 0.6 is 46.2 Å². The molecule has 0 radical (unpaired) electrons. The lowest BCUT2D eigenvalue weighted by molar-refractivity contribution is -0.258. The van der Waals surface area contributed by atoms with Crippen molar-refractivity contribution >= 4 is 56.0 Å². The number of alkyl halides is 6. The van der Waals surface area contributed by atoms with Crippen LogP contribution in [-0.4, -0.2) is 27.3 Å². The third kappa shape index (κ3) is 2.96. The topological polar surface area (TPSA) is 47.6 Å². The molecule has 2 aromatic heterocycles. The SMILES string of the molecule is CC1=C(c2ccc(C#N)s2)SC2(C)C1=C1C(=C3C(C)=C(c4ccc(C#N)s4)SC32C)C(F)(F)C(F)(F)C1(F)F. The highest BCUT2D eigenvalue weighted by Crippen LogP contribution is 2.77. The third-order valence-corrected chi connectivity index (χ3v) is 13.9. The zero-order valence-corrected chi connectivity index (χ0v) is 23.9. The van der Waals surface area contributed by atoms with E-state index in [-0.39, 0.29) is 22.3 Å². The van der Waals surface area contributed by atoms with Crippen molar-refractivity contribution in [3.8, 4) is 12.1 Å². The van der Waals surface area contributed by atoms with Crippen LogP contribution in [0.5, 0.6) is 0 Å². The first kappa shape index (κ1) is 26.8. The number of fused-ring (bicyclic) bond motifs is 4. The molecule has 200 valence electrons. The maximum atomic E-state index is 15.7. The van der Waals surface area contributed by atoms with E-state index < -0.39 is 38.4 Å². The van der Waals surface area contributed by atoms with Gasteiger partial charge in [-0.3, -0.25) is 0 Å². The Labute approximate surface area is 236 Å². The van der Waals surface area contributed by atoms with Crippen molar-refractivity contribution in [2.24, 2.45) is 0 Å². The minimum absolute atomic E-state index is 0.206. The zero-order valence-electron chi connectivity index (χ0n) is 20.6. The molecule has 2 aliphatic heterocycles. The number of rotatable bonds is 2. The summed E-state index contributed by atoms with van der Waals surface area (Å²) in [7, 11) is 0. The summed E-state index contributed by atoms with van der Waals surface area (Å²) in [5.41, 5.74) is -2.55. The van der Waals surface area contributed by atoms with Gasteiger partial charge < -0.3 is 0 Å². The molecule has 0 saturated heterocycles. The van der Waals surface area contributed by atoms with Crippen LogP contribution in [0.4, 0.5) is 26.3 Å². The number of thiophene rings is 2. The van der Waals surface area contributed by atoms with E-state index in [1.165, 1.54) is 37.4 Å². The number of thioether (sulfide) groups is 2. The van der Waals surface area contributed by atoms with Crippen molar-refractivity contribution in [1.82, 2.24) is 0 Å². The van der Waals surface area contributed by atoms with Gasteiger partial charge in [0.2, 0.25) is 0 Å². The van der Waals surface area contributed by atoms with Gasteiger partial charge in [-0.05, 0) is 74.3 Å². The minimum Gasteiger partial charge on any atom is -0.194 e. The van der Waals surface area contributed by atoms with Gasteiger partial charge in [-0.1, -0.05) is 0 Å². The third-order valence-electron chi connectivity index (χ3n) is 7.95. The van der Waals surface area contributed by atoms with Crippen molar-refractivity contribution in [3.05, 3.63) is 77.2 Å². The van der Waals surface area contributed by atoms with Gasteiger partial charge in [-0.15, -0.1) is 46.2 Å². The lowest BCUT2D eigenvalue weighted by atomic mass is 9.68. The quantitative estimate of drug-likeness (QED) is 0.318. The van der Waals surface area contributed by atoms with Crippen molar-refractivity contribution in [2.45, 2.75) is 55.0 Å². The van der Waals surface area contributed by atoms with Gasteiger partial charge in [0.25, 0.3) is 0 Å². The van der Waals surface area contributed by atoms with Gasteiger partial charge in [-0.25, -0.2) is 0 Å². The molecule has 0 amide bonds. The fourth-order valence-electron chi connectivity index (χ4n) is 6.03. The molecular weight excluding hydrogens is 595 g/mol. The first-order chi connectivity index (χ1) is 18.1. The monoisotopic (exact) mass is 610 g/mol. The van der Waals surface area contributed by atoms with E-state index in [1.807, 2.05) is 12.1 Å². The molecule has 2 nitrogen and oxygen atoms in total. The van der Waals surface area contributed by atoms with Gasteiger partial charge >= 0.3 is 17.8 Å². The smallest absolute Gasteiger partial charge is 0.194 e. The molecule has 0 N–H and O–H groups in total. The zero-order chi connectivity index (χ0) is 28.5. The molecule has 39 heavy (non-hydrogen) atoms. The van der Waals surface area contributed by atoms with Gasteiger partial charge in [0.15, 0.2) is 0 Å². The summed E-state index contributed by atoms with van der Waals surface area (Å²) in [5.74, 6) is -15.9. The van der Waals surface area contributed by atoms with Crippen molar-refractivity contribution in [1.29, 1.82) is 10.5 Å². The van der Waals surface area contributed by atoms with Crippen LogP contribution in [0, 0.1) is 22.7 Å². The number of halogens is 6. The molecule has 2 aromatic rings. The molecule has 0 spiro atoms.